The van der Waals surface area contributed by atoms with Crippen molar-refractivity contribution in [1.29, 1.82) is 0 Å². The van der Waals surface area contributed by atoms with Gasteiger partial charge < -0.3 is 10.6 Å². The van der Waals surface area contributed by atoms with Crippen molar-refractivity contribution >= 4 is 44.6 Å². The number of aromatic nitrogens is 1. The maximum absolute atomic E-state index is 4.35. The lowest BCUT2D eigenvalue weighted by molar-refractivity contribution is 0.796. The Labute approximate surface area is 135 Å². The second kappa shape index (κ2) is 7.75. The number of nitrogens with one attached hydrogen (secondary N) is 2. The van der Waals surface area contributed by atoms with E-state index in [0.29, 0.717) is 0 Å². The van der Waals surface area contributed by atoms with Crippen LogP contribution in [0.2, 0.25) is 0 Å². The van der Waals surface area contributed by atoms with E-state index in [1.807, 2.05) is 6.20 Å². The summed E-state index contributed by atoms with van der Waals surface area (Å²) in [5.41, 5.74) is 0. The third-order valence-electron chi connectivity index (χ3n) is 2.58. The van der Waals surface area contributed by atoms with Gasteiger partial charge in [-0.05, 0) is 35.0 Å². The Hall–Kier alpha value is -0.920. The van der Waals surface area contributed by atoms with Gasteiger partial charge in [0.25, 0.3) is 0 Å². The number of hydrogen-bond donors (Lipinski definition) is 2. The number of thiophene rings is 1. The van der Waals surface area contributed by atoms with Crippen LogP contribution in [-0.2, 0) is 13.0 Å². The highest BCUT2D eigenvalue weighted by Crippen LogP contribution is 2.21. The van der Waals surface area contributed by atoms with Crippen LogP contribution in [0.25, 0.3) is 0 Å². The average Bonchev–Trinajstić information content (AvgIpc) is 3.02. The highest BCUT2D eigenvalue weighted by atomic mass is 79.9. The molecule has 7 heteroatoms. The van der Waals surface area contributed by atoms with Crippen LogP contribution in [-0.4, -0.2) is 24.5 Å². The molecule has 0 aliphatic heterocycles. The minimum atomic E-state index is 0.784. The molecule has 0 unspecified atom stereocenters. The van der Waals surface area contributed by atoms with Gasteiger partial charge >= 0.3 is 0 Å². The molecular formula is C13H17BrN4S2. The molecule has 2 aromatic heterocycles. The minimum Gasteiger partial charge on any atom is -0.356 e. The van der Waals surface area contributed by atoms with Gasteiger partial charge in [-0.2, -0.15) is 0 Å². The molecular weight excluding hydrogens is 356 g/mol. The second-order valence-electron chi connectivity index (χ2n) is 4.17. The van der Waals surface area contributed by atoms with Gasteiger partial charge in [-0.15, -0.1) is 22.7 Å². The molecule has 0 saturated heterocycles. The van der Waals surface area contributed by atoms with Crippen LogP contribution < -0.4 is 10.6 Å². The van der Waals surface area contributed by atoms with Gasteiger partial charge in [0.1, 0.15) is 0 Å². The third kappa shape index (κ3) is 4.88. The van der Waals surface area contributed by atoms with E-state index in [9.17, 15) is 0 Å². The molecule has 108 valence electrons. The molecule has 0 aliphatic rings. The molecule has 0 amide bonds. The number of aliphatic imine (C=N–C) groups is 1. The maximum atomic E-state index is 4.35. The van der Waals surface area contributed by atoms with Crippen molar-refractivity contribution in [2.45, 2.75) is 19.9 Å². The zero-order valence-electron chi connectivity index (χ0n) is 11.4. The minimum absolute atomic E-state index is 0.784. The van der Waals surface area contributed by atoms with E-state index in [-0.39, 0.29) is 0 Å². The zero-order chi connectivity index (χ0) is 14.4. The fourth-order valence-electron chi connectivity index (χ4n) is 1.64. The molecule has 0 radical (unpaired) electrons. The Kier molecular flexibility index (Phi) is 6.00. The van der Waals surface area contributed by atoms with Gasteiger partial charge in [-0.25, -0.2) is 4.98 Å². The van der Waals surface area contributed by atoms with Gasteiger partial charge in [-0.1, -0.05) is 0 Å². The van der Waals surface area contributed by atoms with Crippen molar-refractivity contribution in [3.05, 3.63) is 36.9 Å². The van der Waals surface area contributed by atoms with Gasteiger partial charge in [0.15, 0.2) is 5.96 Å². The Morgan fingerprint density at radius 3 is 2.80 bits per heavy atom. The molecule has 0 fully saturated rings. The van der Waals surface area contributed by atoms with E-state index < -0.39 is 0 Å². The lowest BCUT2D eigenvalue weighted by Crippen LogP contribution is -2.37. The van der Waals surface area contributed by atoms with Crippen LogP contribution in [0, 0.1) is 6.92 Å². The van der Waals surface area contributed by atoms with Crippen molar-refractivity contribution in [3.63, 3.8) is 0 Å². The van der Waals surface area contributed by atoms with Crippen LogP contribution >= 0.6 is 38.6 Å². The molecule has 0 aliphatic carbocycles. The molecule has 0 aromatic carbocycles. The van der Waals surface area contributed by atoms with E-state index in [1.54, 1.807) is 29.7 Å². The molecule has 0 atom stereocenters. The first-order valence-electron chi connectivity index (χ1n) is 6.27. The third-order valence-corrected chi connectivity index (χ3v) is 5.18. The fourth-order valence-corrected chi connectivity index (χ4v) is 3.85. The molecule has 0 bridgehead atoms. The summed E-state index contributed by atoms with van der Waals surface area (Å²) >= 11 is 6.94. The topological polar surface area (TPSA) is 49.3 Å². The number of rotatable bonds is 5. The van der Waals surface area contributed by atoms with E-state index in [2.05, 4.69) is 55.6 Å². The van der Waals surface area contributed by atoms with Gasteiger partial charge in [0, 0.05) is 36.0 Å². The molecule has 2 rings (SSSR count). The summed E-state index contributed by atoms with van der Waals surface area (Å²) in [6.07, 6.45) is 2.84. The monoisotopic (exact) mass is 372 g/mol. The van der Waals surface area contributed by atoms with Crippen LogP contribution in [0.15, 0.2) is 27.1 Å². The SMILES string of the molecule is CN=C(NCCc1ncc(C)s1)NCc1ccc(Br)s1. The lowest BCUT2D eigenvalue weighted by atomic mass is 10.4. The van der Waals surface area contributed by atoms with E-state index >= 15 is 0 Å². The molecule has 2 aromatic rings. The summed E-state index contributed by atoms with van der Waals surface area (Å²) in [5, 5.41) is 7.76. The number of nitrogens with zero attached hydrogens (tertiary/aromatic N) is 2. The molecule has 4 nitrogen and oxygen atoms in total. The van der Waals surface area contributed by atoms with E-state index in [1.165, 1.54) is 9.75 Å². The molecule has 20 heavy (non-hydrogen) atoms. The number of guanidine groups is 1. The predicted octanol–water partition coefficient (Wildman–Crippen LogP) is 3.18. The van der Waals surface area contributed by atoms with Gasteiger partial charge in [-0.3, -0.25) is 4.99 Å². The standard InChI is InChI=1S/C13H17BrN4S2/c1-9-7-17-12(19-9)5-6-16-13(15-2)18-8-10-3-4-11(14)20-10/h3-4,7H,5-6,8H2,1-2H3,(H2,15,16,18). The van der Waals surface area contributed by atoms with Crippen molar-refractivity contribution in [2.75, 3.05) is 13.6 Å². The highest BCUT2D eigenvalue weighted by molar-refractivity contribution is 9.11. The highest BCUT2D eigenvalue weighted by Gasteiger charge is 2.02. The van der Waals surface area contributed by atoms with E-state index in [4.69, 9.17) is 0 Å². The Bertz CT molecular complexity index is 576. The second-order valence-corrected chi connectivity index (χ2v) is 8.04. The van der Waals surface area contributed by atoms with Gasteiger partial charge in [0.05, 0.1) is 15.3 Å². The van der Waals surface area contributed by atoms with Crippen molar-refractivity contribution in [3.8, 4) is 0 Å². The first-order chi connectivity index (χ1) is 9.67. The normalized spacial score (nSPS) is 11.7. The Balaban J connectivity index is 1.72. The average molecular weight is 373 g/mol. The summed E-state index contributed by atoms with van der Waals surface area (Å²) in [6, 6.07) is 4.16. The smallest absolute Gasteiger partial charge is 0.191 e. The van der Waals surface area contributed by atoms with Crippen molar-refractivity contribution in [1.82, 2.24) is 15.6 Å². The summed E-state index contributed by atoms with van der Waals surface area (Å²) < 4.78 is 1.15. The van der Waals surface area contributed by atoms with Crippen molar-refractivity contribution in [2.24, 2.45) is 4.99 Å². The number of aryl methyl sites for hydroxylation is 1. The first-order valence-corrected chi connectivity index (χ1v) is 8.70. The quantitative estimate of drug-likeness (QED) is 0.625. The van der Waals surface area contributed by atoms with Crippen LogP contribution in [0.3, 0.4) is 0 Å². The van der Waals surface area contributed by atoms with E-state index in [0.717, 1.165) is 34.3 Å². The summed E-state index contributed by atoms with van der Waals surface area (Å²) in [5.74, 6) is 0.822. The molecule has 0 saturated carbocycles. The maximum Gasteiger partial charge on any atom is 0.191 e. The largest absolute Gasteiger partial charge is 0.356 e. The molecule has 2 heterocycles. The van der Waals surface area contributed by atoms with Crippen LogP contribution in [0.5, 0.6) is 0 Å². The Morgan fingerprint density at radius 1 is 1.35 bits per heavy atom. The Morgan fingerprint density at radius 2 is 2.20 bits per heavy atom. The number of thiazole rings is 1. The summed E-state index contributed by atoms with van der Waals surface area (Å²) in [6.45, 7) is 3.70. The van der Waals surface area contributed by atoms with Crippen molar-refractivity contribution < 1.29 is 0 Å². The number of halogens is 1. The summed E-state index contributed by atoms with van der Waals surface area (Å²) in [4.78, 5) is 11.1. The summed E-state index contributed by atoms with van der Waals surface area (Å²) in [7, 11) is 1.78. The number of hydrogen-bond acceptors (Lipinski definition) is 4. The van der Waals surface area contributed by atoms with Gasteiger partial charge in [0.2, 0.25) is 0 Å². The lowest BCUT2D eigenvalue weighted by Gasteiger charge is -2.10. The predicted molar refractivity (Wildman–Crippen MR) is 90.8 cm³/mol. The molecule has 0 spiro atoms. The zero-order valence-corrected chi connectivity index (χ0v) is 14.7. The molecule has 2 N–H and O–H groups in total. The fraction of sp³-hybridized carbons (Fsp3) is 0.385. The van der Waals surface area contributed by atoms with Crippen LogP contribution in [0.1, 0.15) is 14.8 Å². The van der Waals surface area contributed by atoms with Crippen LogP contribution in [0.4, 0.5) is 0 Å². The first kappa shape index (κ1) is 15.5.